The van der Waals surface area contributed by atoms with Gasteiger partial charge in [-0.1, -0.05) is 25.1 Å². The van der Waals surface area contributed by atoms with Gasteiger partial charge in [0, 0.05) is 23.1 Å². The Bertz CT molecular complexity index is 1400. The van der Waals surface area contributed by atoms with Crippen molar-refractivity contribution >= 4 is 33.8 Å². The van der Waals surface area contributed by atoms with Crippen molar-refractivity contribution in [3.63, 3.8) is 0 Å². The van der Waals surface area contributed by atoms with E-state index in [-0.39, 0.29) is 16.8 Å². The van der Waals surface area contributed by atoms with E-state index in [1.807, 2.05) is 13.8 Å². The number of aromatic nitrogens is 2. The summed E-state index contributed by atoms with van der Waals surface area (Å²) in [5, 5.41) is 3.13. The van der Waals surface area contributed by atoms with Crippen molar-refractivity contribution in [2.75, 3.05) is 12.3 Å². The first-order chi connectivity index (χ1) is 15.9. The fourth-order valence-corrected chi connectivity index (χ4v) is 4.22. The zero-order valence-corrected chi connectivity index (χ0v) is 19.0. The van der Waals surface area contributed by atoms with E-state index in [0.717, 1.165) is 17.0 Å². The number of nitrogens with two attached hydrogens (primary N) is 1. The first kappa shape index (κ1) is 22.5. The number of thiazole rings is 1. The standard InChI is InChI=1S/C24H23FN4O3S/c1-3-9-27-23(30)20-21(26)16-6-4-5-15(22(16)29-24(20)31)17-10-14(7-8-18(17)25)32-11-19-13(2)28-12-33-19/h4-8,10,12H,3,9,11H2,1-2H3,(H,27,30)(H3,26,29,31). The van der Waals surface area contributed by atoms with Gasteiger partial charge < -0.3 is 20.8 Å². The summed E-state index contributed by atoms with van der Waals surface area (Å²) >= 11 is 1.49. The number of aryl methyl sites for hydroxylation is 1. The molecule has 0 saturated heterocycles. The van der Waals surface area contributed by atoms with Crippen molar-refractivity contribution in [2.24, 2.45) is 0 Å². The Balaban J connectivity index is 1.76. The molecule has 0 saturated carbocycles. The second-order valence-corrected chi connectivity index (χ2v) is 8.46. The fourth-order valence-electron chi connectivity index (χ4n) is 3.54. The summed E-state index contributed by atoms with van der Waals surface area (Å²) in [6, 6.07) is 9.52. The number of H-pyrrole nitrogens is 1. The third-order valence-electron chi connectivity index (χ3n) is 5.29. The maximum atomic E-state index is 14.9. The molecule has 0 atom stereocenters. The number of fused-ring (bicyclic) bond motifs is 1. The number of nitrogen functional groups attached to an aromatic ring is 1. The van der Waals surface area contributed by atoms with Crippen molar-refractivity contribution in [1.82, 2.24) is 15.3 Å². The molecule has 2 heterocycles. The molecule has 2 aromatic carbocycles. The van der Waals surface area contributed by atoms with Gasteiger partial charge in [0.15, 0.2) is 0 Å². The van der Waals surface area contributed by atoms with Gasteiger partial charge in [-0.3, -0.25) is 9.59 Å². The Kier molecular flexibility index (Phi) is 6.41. The van der Waals surface area contributed by atoms with Crippen LogP contribution < -0.4 is 21.3 Å². The van der Waals surface area contributed by atoms with Crippen LogP contribution in [-0.2, 0) is 6.61 Å². The first-order valence-electron chi connectivity index (χ1n) is 10.4. The second kappa shape index (κ2) is 9.41. The average molecular weight is 467 g/mol. The summed E-state index contributed by atoms with van der Waals surface area (Å²) in [5.41, 5.74) is 9.17. The molecule has 0 unspecified atom stereocenters. The molecule has 0 fully saturated rings. The number of carbonyl (C=O) groups excluding carboxylic acids is 1. The number of nitrogens with one attached hydrogen (secondary N) is 2. The molecular weight excluding hydrogens is 443 g/mol. The van der Waals surface area contributed by atoms with Crippen LogP contribution in [0.15, 0.2) is 46.7 Å². The number of rotatable bonds is 7. The monoisotopic (exact) mass is 466 g/mol. The van der Waals surface area contributed by atoms with Gasteiger partial charge in [-0.05, 0) is 31.5 Å². The maximum Gasteiger partial charge on any atom is 0.263 e. The lowest BCUT2D eigenvalue weighted by molar-refractivity contribution is 0.0953. The average Bonchev–Trinajstić information content (AvgIpc) is 3.21. The van der Waals surface area contributed by atoms with Crippen LogP contribution in [0.5, 0.6) is 5.75 Å². The third kappa shape index (κ3) is 4.45. The minimum Gasteiger partial charge on any atom is -0.488 e. The Morgan fingerprint density at radius 1 is 1.27 bits per heavy atom. The Morgan fingerprint density at radius 2 is 2.09 bits per heavy atom. The Hall–Kier alpha value is -3.72. The number of hydrogen-bond donors (Lipinski definition) is 3. The van der Waals surface area contributed by atoms with Gasteiger partial charge in [0.1, 0.15) is 23.7 Å². The highest BCUT2D eigenvalue weighted by atomic mass is 32.1. The highest BCUT2D eigenvalue weighted by Gasteiger charge is 2.20. The van der Waals surface area contributed by atoms with E-state index in [1.165, 1.54) is 17.4 Å². The molecule has 2 aromatic heterocycles. The number of benzene rings is 2. The van der Waals surface area contributed by atoms with Crippen molar-refractivity contribution in [2.45, 2.75) is 26.9 Å². The van der Waals surface area contributed by atoms with Gasteiger partial charge in [0.25, 0.3) is 11.5 Å². The number of amides is 1. The zero-order valence-electron chi connectivity index (χ0n) is 18.2. The van der Waals surface area contributed by atoms with Crippen LogP contribution in [0.2, 0.25) is 0 Å². The number of nitrogens with zero attached hydrogens (tertiary/aromatic N) is 1. The van der Waals surface area contributed by atoms with Gasteiger partial charge >= 0.3 is 0 Å². The van der Waals surface area contributed by atoms with Crippen LogP contribution in [0.4, 0.5) is 10.1 Å². The number of para-hydroxylation sites is 1. The van der Waals surface area contributed by atoms with Gasteiger partial charge in [0.2, 0.25) is 0 Å². The number of anilines is 1. The Morgan fingerprint density at radius 3 is 2.82 bits per heavy atom. The molecule has 0 radical (unpaired) electrons. The van der Waals surface area contributed by atoms with E-state index >= 15 is 0 Å². The second-order valence-electron chi connectivity index (χ2n) is 7.52. The maximum absolute atomic E-state index is 14.9. The molecule has 4 N–H and O–H groups in total. The van der Waals surface area contributed by atoms with Gasteiger partial charge in [-0.25, -0.2) is 9.37 Å². The van der Waals surface area contributed by atoms with Crippen molar-refractivity contribution < 1.29 is 13.9 Å². The molecule has 0 bridgehead atoms. The van der Waals surface area contributed by atoms with Crippen LogP contribution in [0.3, 0.4) is 0 Å². The highest BCUT2D eigenvalue weighted by Crippen LogP contribution is 2.34. The molecule has 4 rings (SSSR count). The van der Waals surface area contributed by atoms with Crippen molar-refractivity contribution in [3.05, 3.63) is 74.2 Å². The Labute approximate surface area is 193 Å². The number of ether oxygens (including phenoxy) is 1. The summed E-state index contributed by atoms with van der Waals surface area (Å²) in [6.07, 6.45) is 0.724. The molecule has 170 valence electrons. The quantitative estimate of drug-likeness (QED) is 0.374. The molecular formula is C24H23FN4O3S. The van der Waals surface area contributed by atoms with Crippen LogP contribution in [0.1, 0.15) is 34.3 Å². The van der Waals surface area contributed by atoms with Crippen LogP contribution >= 0.6 is 11.3 Å². The molecule has 0 spiro atoms. The lowest BCUT2D eigenvalue weighted by atomic mass is 9.99. The largest absolute Gasteiger partial charge is 0.488 e. The number of aromatic amines is 1. The molecule has 0 aliphatic rings. The van der Waals surface area contributed by atoms with Crippen LogP contribution in [0, 0.1) is 12.7 Å². The predicted octanol–water partition coefficient (Wildman–Crippen LogP) is 4.40. The lowest BCUT2D eigenvalue weighted by Gasteiger charge is -2.13. The number of carbonyl (C=O) groups is 1. The van der Waals surface area contributed by atoms with Gasteiger partial charge in [-0.15, -0.1) is 11.3 Å². The molecule has 33 heavy (non-hydrogen) atoms. The molecule has 7 nitrogen and oxygen atoms in total. The number of pyridine rings is 1. The molecule has 0 aliphatic heterocycles. The van der Waals surface area contributed by atoms with E-state index in [2.05, 4.69) is 15.3 Å². The van der Waals surface area contributed by atoms with E-state index in [1.54, 1.807) is 35.8 Å². The SMILES string of the molecule is CCCNC(=O)c1c(N)c2cccc(-c3cc(OCc4scnc4C)ccc3F)c2[nH]c1=O. The molecule has 1 amide bonds. The summed E-state index contributed by atoms with van der Waals surface area (Å²) in [6.45, 7) is 4.55. The first-order valence-corrected chi connectivity index (χ1v) is 11.3. The van der Waals surface area contributed by atoms with Crippen LogP contribution in [-0.4, -0.2) is 22.4 Å². The number of halogens is 1. The topological polar surface area (TPSA) is 110 Å². The predicted molar refractivity (Wildman–Crippen MR) is 128 cm³/mol. The summed E-state index contributed by atoms with van der Waals surface area (Å²) in [5.74, 6) is -0.544. The fraction of sp³-hybridized carbons (Fsp3) is 0.208. The third-order valence-corrected chi connectivity index (χ3v) is 6.20. The van der Waals surface area contributed by atoms with E-state index in [9.17, 15) is 14.0 Å². The minimum atomic E-state index is -0.630. The zero-order chi connectivity index (χ0) is 23.5. The molecule has 0 aliphatic carbocycles. The van der Waals surface area contributed by atoms with Crippen LogP contribution in [0.25, 0.3) is 22.0 Å². The van der Waals surface area contributed by atoms with Crippen molar-refractivity contribution in [1.29, 1.82) is 0 Å². The van der Waals surface area contributed by atoms with Crippen molar-refractivity contribution in [3.8, 4) is 16.9 Å². The summed E-state index contributed by atoms with van der Waals surface area (Å²) in [7, 11) is 0. The number of hydrogen-bond acceptors (Lipinski definition) is 6. The normalized spacial score (nSPS) is 11.0. The summed E-state index contributed by atoms with van der Waals surface area (Å²) < 4.78 is 20.7. The molecule has 4 aromatic rings. The van der Waals surface area contributed by atoms with Gasteiger partial charge in [0.05, 0.1) is 27.3 Å². The van der Waals surface area contributed by atoms with Gasteiger partial charge in [-0.2, -0.15) is 0 Å². The summed E-state index contributed by atoms with van der Waals surface area (Å²) in [4.78, 5) is 33.1. The molecule has 9 heteroatoms. The van der Waals surface area contributed by atoms with E-state index in [0.29, 0.717) is 35.4 Å². The van der Waals surface area contributed by atoms with E-state index in [4.69, 9.17) is 10.5 Å². The smallest absolute Gasteiger partial charge is 0.263 e. The minimum absolute atomic E-state index is 0.0534. The van der Waals surface area contributed by atoms with E-state index < -0.39 is 17.3 Å². The lowest BCUT2D eigenvalue weighted by Crippen LogP contribution is -2.31. The highest BCUT2D eigenvalue weighted by molar-refractivity contribution is 7.09.